The van der Waals surface area contributed by atoms with Gasteiger partial charge in [0.15, 0.2) is 5.82 Å². The number of nitrogens with two attached hydrogens (primary N) is 1. The lowest BCUT2D eigenvalue weighted by atomic mass is 10.3. The van der Waals surface area contributed by atoms with Gasteiger partial charge in [0.25, 0.3) is 0 Å². The normalized spacial score (nSPS) is 11.2. The van der Waals surface area contributed by atoms with E-state index in [1.807, 2.05) is 29.8 Å². The number of rotatable bonds is 6. The summed E-state index contributed by atoms with van der Waals surface area (Å²) >= 11 is 0. The Labute approximate surface area is 127 Å². The molecule has 116 valence electrons. The third-order valence-corrected chi connectivity index (χ3v) is 3.28. The molecule has 3 N–H and O–H groups in total. The van der Waals surface area contributed by atoms with Gasteiger partial charge in [0.2, 0.25) is 5.95 Å². The average Bonchev–Trinajstić information content (AvgIpc) is 3.08. The van der Waals surface area contributed by atoms with E-state index in [9.17, 15) is 0 Å². The molecule has 22 heavy (non-hydrogen) atoms. The van der Waals surface area contributed by atoms with E-state index < -0.39 is 0 Å². The number of hydrogen-bond donors (Lipinski definition) is 2. The molecule has 0 radical (unpaired) electrons. The molecule has 3 heterocycles. The summed E-state index contributed by atoms with van der Waals surface area (Å²) in [7, 11) is 1.67. The van der Waals surface area contributed by atoms with Crippen molar-refractivity contribution in [2.75, 3.05) is 24.8 Å². The van der Waals surface area contributed by atoms with Crippen LogP contribution in [0.1, 0.15) is 11.5 Å². The monoisotopic (exact) mass is 302 g/mol. The first-order valence-corrected chi connectivity index (χ1v) is 6.94. The zero-order chi connectivity index (χ0) is 15.5. The Morgan fingerprint density at radius 1 is 1.41 bits per heavy atom. The summed E-state index contributed by atoms with van der Waals surface area (Å²) in [6, 6.07) is 3.78. The molecule has 0 aliphatic carbocycles. The minimum Gasteiger partial charge on any atom is -0.383 e. The number of aromatic nitrogens is 4. The Bertz CT molecular complexity index is 779. The van der Waals surface area contributed by atoms with Gasteiger partial charge in [-0.3, -0.25) is 0 Å². The maximum Gasteiger partial charge on any atom is 0.222 e. The lowest BCUT2D eigenvalue weighted by molar-refractivity contribution is 0.188. The van der Waals surface area contributed by atoms with Crippen molar-refractivity contribution in [2.24, 2.45) is 0 Å². The highest BCUT2D eigenvalue weighted by Gasteiger charge is 2.12. The number of methoxy groups -OCH3 is 1. The lowest BCUT2D eigenvalue weighted by Crippen LogP contribution is -2.09. The van der Waals surface area contributed by atoms with Crippen LogP contribution in [0.5, 0.6) is 0 Å². The molecule has 0 bridgehead atoms. The third-order valence-electron chi connectivity index (χ3n) is 3.28. The minimum atomic E-state index is 0.232. The van der Waals surface area contributed by atoms with Crippen LogP contribution in [0.4, 0.5) is 11.8 Å². The number of aryl methyl sites for hydroxylation is 1. The summed E-state index contributed by atoms with van der Waals surface area (Å²) in [5, 5.41) is 7.20. The number of anilines is 2. The Morgan fingerprint density at radius 2 is 2.27 bits per heavy atom. The fraction of sp³-hybridized carbons (Fsp3) is 0.357. The van der Waals surface area contributed by atoms with Crippen LogP contribution >= 0.6 is 0 Å². The zero-order valence-corrected chi connectivity index (χ0v) is 12.5. The maximum atomic E-state index is 5.78. The van der Waals surface area contributed by atoms with E-state index in [0.29, 0.717) is 25.5 Å². The van der Waals surface area contributed by atoms with E-state index in [1.54, 1.807) is 7.11 Å². The molecule has 8 nitrogen and oxygen atoms in total. The number of fused-ring (bicyclic) bond motifs is 1. The SMILES string of the molecule is COCCn1ccc2nc(N)nc(NCc3cc(C)on3)c21. The van der Waals surface area contributed by atoms with Gasteiger partial charge < -0.3 is 24.9 Å². The van der Waals surface area contributed by atoms with Crippen molar-refractivity contribution in [2.45, 2.75) is 20.0 Å². The molecule has 0 spiro atoms. The number of hydrogen-bond acceptors (Lipinski definition) is 7. The second-order valence-electron chi connectivity index (χ2n) is 4.95. The first kappa shape index (κ1) is 14.3. The predicted octanol–water partition coefficient (Wildman–Crippen LogP) is 1.57. The van der Waals surface area contributed by atoms with Crippen molar-refractivity contribution < 1.29 is 9.26 Å². The van der Waals surface area contributed by atoms with E-state index >= 15 is 0 Å². The van der Waals surface area contributed by atoms with Crippen molar-refractivity contribution in [3.05, 3.63) is 29.8 Å². The van der Waals surface area contributed by atoms with Gasteiger partial charge in [0.05, 0.1) is 18.7 Å². The number of nitrogen functional groups attached to an aromatic ring is 1. The summed E-state index contributed by atoms with van der Waals surface area (Å²) in [6.45, 7) is 3.67. The van der Waals surface area contributed by atoms with E-state index in [1.165, 1.54) is 0 Å². The van der Waals surface area contributed by atoms with Crippen LogP contribution in [-0.2, 0) is 17.8 Å². The number of ether oxygens (including phenoxy) is 1. The highest BCUT2D eigenvalue weighted by Crippen LogP contribution is 2.23. The van der Waals surface area contributed by atoms with Gasteiger partial charge in [-0.05, 0) is 13.0 Å². The molecule has 0 fully saturated rings. The Kier molecular flexibility index (Phi) is 3.92. The minimum absolute atomic E-state index is 0.232. The van der Waals surface area contributed by atoms with Crippen molar-refractivity contribution in [1.82, 2.24) is 19.7 Å². The van der Waals surface area contributed by atoms with Crippen molar-refractivity contribution in [1.29, 1.82) is 0 Å². The fourth-order valence-electron chi connectivity index (χ4n) is 2.30. The van der Waals surface area contributed by atoms with Crippen molar-refractivity contribution in [3.8, 4) is 0 Å². The van der Waals surface area contributed by atoms with Gasteiger partial charge in [-0.1, -0.05) is 5.16 Å². The smallest absolute Gasteiger partial charge is 0.222 e. The Balaban J connectivity index is 1.90. The highest BCUT2D eigenvalue weighted by atomic mass is 16.5. The van der Waals surface area contributed by atoms with Gasteiger partial charge in [-0.15, -0.1) is 0 Å². The molecule has 0 aliphatic rings. The summed E-state index contributed by atoms with van der Waals surface area (Å²) in [6.07, 6.45) is 1.95. The van der Waals surface area contributed by atoms with Gasteiger partial charge >= 0.3 is 0 Å². The lowest BCUT2D eigenvalue weighted by Gasteiger charge is -2.10. The maximum absolute atomic E-state index is 5.78. The molecule has 0 saturated carbocycles. The third kappa shape index (κ3) is 2.86. The van der Waals surface area contributed by atoms with Crippen LogP contribution in [0.2, 0.25) is 0 Å². The molecule has 0 aliphatic heterocycles. The number of nitrogens with one attached hydrogen (secondary N) is 1. The molecular weight excluding hydrogens is 284 g/mol. The van der Waals surface area contributed by atoms with Crippen LogP contribution in [-0.4, -0.2) is 33.4 Å². The summed E-state index contributed by atoms with van der Waals surface area (Å²) in [4.78, 5) is 8.55. The predicted molar refractivity (Wildman–Crippen MR) is 82.4 cm³/mol. The van der Waals surface area contributed by atoms with Gasteiger partial charge in [0.1, 0.15) is 17.0 Å². The van der Waals surface area contributed by atoms with Crippen molar-refractivity contribution in [3.63, 3.8) is 0 Å². The quantitative estimate of drug-likeness (QED) is 0.712. The van der Waals surface area contributed by atoms with Crippen LogP contribution in [0, 0.1) is 6.92 Å². The van der Waals surface area contributed by atoms with Crippen molar-refractivity contribution >= 4 is 22.8 Å². The standard InChI is InChI=1S/C14H18N6O2/c1-9-7-10(19-22-9)8-16-13-12-11(17-14(15)18-13)3-4-20(12)5-6-21-2/h3-4,7H,5-6,8H2,1-2H3,(H3,15,16,17,18). The average molecular weight is 302 g/mol. The fourth-order valence-corrected chi connectivity index (χ4v) is 2.30. The molecule has 3 rings (SSSR count). The van der Waals surface area contributed by atoms with E-state index in [2.05, 4.69) is 20.4 Å². The summed E-state index contributed by atoms with van der Waals surface area (Å²) < 4.78 is 12.2. The Morgan fingerprint density at radius 3 is 3.00 bits per heavy atom. The first-order valence-electron chi connectivity index (χ1n) is 6.94. The van der Waals surface area contributed by atoms with Gasteiger partial charge in [0, 0.05) is 25.9 Å². The van der Waals surface area contributed by atoms with Crippen LogP contribution in [0.15, 0.2) is 22.9 Å². The molecule has 3 aromatic heterocycles. The Hall–Kier alpha value is -2.61. The topological polar surface area (TPSA) is 104 Å². The number of nitrogens with zero attached hydrogens (tertiary/aromatic N) is 4. The molecule has 0 amide bonds. The summed E-state index contributed by atoms with van der Waals surface area (Å²) in [5.74, 6) is 1.67. The first-order chi connectivity index (χ1) is 10.7. The summed E-state index contributed by atoms with van der Waals surface area (Å²) in [5.41, 5.74) is 8.27. The largest absolute Gasteiger partial charge is 0.383 e. The molecule has 3 aromatic rings. The molecule has 0 aromatic carbocycles. The van der Waals surface area contributed by atoms with E-state index in [-0.39, 0.29) is 5.95 Å². The van der Waals surface area contributed by atoms with Crippen LogP contribution in [0.3, 0.4) is 0 Å². The van der Waals surface area contributed by atoms with E-state index in [4.69, 9.17) is 15.0 Å². The highest BCUT2D eigenvalue weighted by molar-refractivity contribution is 5.87. The van der Waals surface area contributed by atoms with Crippen LogP contribution in [0.25, 0.3) is 11.0 Å². The molecule has 0 atom stereocenters. The van der Waals surface area contributed by atoms with Gasteiger partial charge in [-0.2, -0.15) is 4.98 Å². The zero-order valence-electron chi connectivity index (χ0n) is 12.5. The molecule has 8 heteroatoms. The molecule has 0 saturated heterocycles. The second-order valence-corrected chi connectivity index (χ2v) is 4.95. The van der Waals surface area contributed by atoms with E-state index in [0.717, 1.165) is 22.5 Å². The molecular formula is C14H18N6O2. The van der Waals surface area contributed by atoms with Gasteiger partial charge in [-0.25, -0.2) is 4.98 Å². The van der Waals surface area contributed by atoms with Crippen LogP contribution < -0.4 is 11.1 Å². The molecule has 0 unspecified atom stereocenters. The second kappa shape index (κ2) is 6.02.